The van der Waals surface area contributed by atoms with E-state index in [9.17, 15) is 15.0 Å². The number of thiophene rings is 1. The van der Waals surface area contributed by atoms with Crippen LogP contribution in [0.25, 0.3) is 0 Å². The van der Waals surface area contributed by atoms with Gasteiger partial charge in [-0.05, 0) is 41.3 Å². The smallest absolute Gasteiger partial charge is 0.314 e. The first-order chi connectivity index (χ1) is 11.5. The highest BCUT2D eigenvalue weighted by atomic mass is 32.1. The molecule has 0 spiro atoms. The van der Waals surface area contributed by atoms with E-state index in [4.69, 9.17) is 0 Å². The maximum Gasteiger partial charge on any atom is 0.314 e. The van der Waals surface area contributed by atoms with E-state index in [2.05, 4.69) is 10.6 Å². The zero-order chi connectivity index (χ0) is 17.4. The van der Waals surface area contributed by atoms with E-state index in [1.54, 1.807) is 6.92 Å². The van der Waals surface area contributed by atoms with Crippen LogP contribution in [0.1, 0.15) is 30.4 Å². The van der Waals surface area contributed by atoms with Crippen molar-refractivity contribution in [1.29, 1.82) is 0 Å². The Kier molecular flexibility index (Phi) is 6.78. The Hall–Kier alpha value is -1.89. The summed E-state index contributed by atoms with van der Waals surface area (Å²) in [7, 11) is 0. The molecule has 130 valence electrons. The van der Waals surface area contributed by atoms with Crippen molar-refractivity contribution >= 4 is 17.4 Å². The van der Waals surface area contributed by atoms with Gasteiger partial charge in [0, 0.05) is 19.1 Å². The Morgan fingerprint density at radius 2 is 2.00 bits per heavy atom. The lowest BCUT2D eigenvalue weighted by Crippen LogP contribution is -2.44. The molecule has 0 aliphatic carbocycles. The SMILES string of the molecule is CC(O)(CNC(=O)NCC(CCO)c1ccccc1)c1ccsc1. The highest BCUT2D eigenvalue weighted by Gasteiger charge is 2.24. The van der Waals surface area contributed by atoms with Crippen LogP contribution in [0.5, 0.6) is 0 Å². The van der Waals surface area contributed by atoms with Gasteiger partial charge in [-0.25, -0.2) is 4.79 Å². The van der Waals surface area contributed by atoms with Crippen molar-refractivity contribution in [3.63, 3.8) is 0 Å². The number of carbonyl (C=O) groups excluding carboxylic acids is 1. The lowest BCUT2D eigenvalue weighted by atomic mass is 9.96. The molecule has 0 radical (unpaired) electrons. The third-order valence-corrected chi connectivity index (χ3v) is 4.68. The standard InChI is InChI=1S/C18H24N2O3S/c1-18(23,16-8-10-24-12-16)13-20-17(22)19-11-15(7-9-21)14-5-3-2-4-6-14/h2-6,8,10,12,15,21,23H,7,9,11,13H2,1H3,(H2,19,20,22). The molecule has 6 heteroatoms. The number of hydrogen-bond acceptors (Lipinski definition) is 4. The first-order valence-electron chi connectivity index (χ1n) is 7.95. The van der Waals surface area contributed by atoms with Crippen LogP contribution >= 0.6 is 11.3 Å². The van der Waals surface area contributed by atoms with Crippen LogP contribution < -0.4 is 10.6 Å². The first-order valence-corrected chi connectivity index (χ1v) is 8.90. The average molecular weight is 348 g/mol. The average Bonchev–Trinajstić information content (AvgIpc) is 3.13. The van der Waals surface area contributed by atoms with Crippen molar-refractivity contribution in [3.8, 4) is 0 Å². The number of aliphatic hydroxyl groups is 2. The lowest BCUT2D eigenvalue weighted by molar-refractivity contribution is 0.0598. The van der Waals surface area contributed by atoms with Crippen LogP contribution in [0.3, 0.4) is 0 Å². The molecule has 0 aliphatic rings. The molecule has 1 heterocycles. The second-order valence-corrected chi connectivity index (χ2v) is 6.75. The van der Waals surface area contributed by atoms with Gasteiger partial charge in [0.2, 0.25) is 0 Å². The molecule has 0 saturated carbocycles. The van der Waals surface area contributed by atoms with E-state index in [0.717, 1.165) is 11.1 Å². The van der Waals surface area contributed by atoms with E-state index >= 15 is 0 Å². The van der Waals surface area contributed by atoms with Crippen LogP contribution in [-0.2, 0) is 5.60 Å². The molecule has 0 bridgehead atoms. The summed E-state index contributed by atoms with van der Waals surface area (Å²) in [4.78, 5) is 12.0. The van der Waals surface area contributed by atoms with Gasteiger partial charge in [0.15, 0.2) is 0 Å². The molecular formula is C18H24N2O3S. The predicted molar refractivity (Wildman–Crippen MR) is 96.2 cm³/mol. The van der Waals surface area contributed by atoms with Gasteiger partial charge in [-0.15, -0.1) is 0 Å². The van der Waals surface area contributed by atoms with Crippen LogP contribution in [0.4, 0.5) is 4.79 Å². The highest BCUT2D eigenvalue weighted by Crippen LogP contribution is 2.22. The lowest BCUT2D eigenvalue weighted by Gasteiger charge is -2.23. The molecule has 1 aromatic carbocycles. The maximum absolute atomic E-state index is 12.0. The molecule has 2 amide bonds. The second kappa shape index (κ2) is 8.82. The summed E-state index contributed by atoms with van der Waals surface area (Å²) >= 11 is 1.51. The summed E-state index contributed by atoms with van der Waals surface area (Å²) in [6, 6.07) is 11.3. The molecule has 2 rings (SSSR count). The minimum Gasteiger partial charge on any atom is -0.396 e. The monoisotopic (exact) mass is 348 g/mol. The van der Waals surface area contributed by atoms with Crippen molar-refractivity contribution < 1.29 is 15.0 Å². The molecule has 0 fully saturated rings. The van der Waals surface area contributed by atoms with Crippen LogP contribution in [0.15, 0.2) is 47.2 Å². The van der Waals surface area contributed by atoms with Gasteiger partial charge in [0.05, 0.1) is 6.54 Å². The van der Waals surface area contributed by atoms with E-state index in [0.29, 0.717) is 13.0 Å². The molecule has 2 unspecified atom stereocenters. The molecule has 2 atom stereocenters. The molecule has 0 aliphatic heterocycles. The van der Waals surface area contributed by atoms with Crippen LogP contribution in [0.2, 0.25) is 0 Å². The number of amides is 2. The third kappa shape index (κ3) is 5.33. The summed E-state index contributed by atoms with van der Waals surface area (Å²) in [6.45, 7) is 2.30. The largest absolute Gasteiger partial charge is 0.396 e. The quantitative estimate of drug-likeness (QED) is 0.591. The number of rotatable bonds is 8. The Balaban J connectivity index is 1.83. The molecule has 0 saturated heterocycles. The van der Waals surface area contributed by atoms with E-state index in [1.165, 1.54) is 11.3 Å². The van der Waals surface area contributed by atoms with Crippen molar-refractivity contribution in [2.75, 3.05) is 19.7 Å². The Morgan fingerprint density at radius 3 is 2.62 bits per heavy atom. The topological polar surface area (TPSA) is 81.6 Å². The number of aliphatic hydroxyl groups excluding tert-OH is 1. The first kappa shape index (κ1) is 18.4. The minimum atomic E-state index is -1.10. The van der Waals surface area contributed by atoms with Crippen LogP contribution in [0, 0.1) is 0 Å². The van der Waals surface area contributed by atoms with Gasteiger partial charge in [0.1, 0.15) is 5.60 Å². The summed E-state index contributed by atoms with van der Waals surface area (Å²) in [6.07, 6.45) is 0.580. The molecule has 2 aromatic rings. The van der Waals surface area contributed by atoms with Crippen molar-refractivity contribution in [1.82, 2.24) is 10.6 Å². The number of hydrogen-bond donors (Lipinski definition) is 4. The predicted octanol–water partition coefficient (Wildman–Crippen LogP) is 2.42. The normalized spacial score (nSPS) is 14.6. The summed E-state index contributed by atoms with van der Waals surface area (Å²) in [5.41, 5.74) is 0.772. The maximum atomic E-state index is 12.0. The zero-order valence-corrected chi connectivity index (χ0v) is 14.6. The molecule has 4 N–H and O–H groups in total. The van der Waals surface area contributed by atoms with Gasteiger partial charge in [-0.2, -0.15) is 11.3 Å². The molecule has 5 nitrogen and oxygen atoms in total. The number of carbonyl (C=O) groups is 1. The Morgan fingerprint density at radius 1 is 1.25 bits per heavy atom. The van der Waals surface area contributed by atoms with Crippen molar-refractivity contribution in [2.24, 2.45) is 0 Å². The van der Waals surface area contributed by atoms with Gasteiger partial charge < -0.3 is 20.8 Å². The number of nitrogens with one attached hydrogen (secondary N) is 2. The Bertz CT molecular complexity index is 614. The van der Waals surface area contributed by atoms with Crippen molar-refractivity contribution in [3.05, 3.63) is 58.3 Å². The summed E-state index contributed by atoms with van der Waals surface area (Å²) in [5.74, 6) is 0.0549. The summed E-state index contributed by atoms with van der Waals surface area (Å²) < 4.78 is 0. The molecule has 24 heavy (non-hydrogen) atoms. The van der Waals surface area contributed by atoms with Gasteiger partial charge >= 0.3 is 6.03 Å². The molecule has 1 aromatic heterocycles. The van der Waals surface area contributed by atoms with Crippen LogP contribution in [-0.4, -0.2) is 35.9 Å². The van der Waals surface area contributed by atoms with E-state index in [-0.39, 0.29) is 25.1 Å². The van der Waals surface area contributed by atoms with Gasteiger partial charge in [0.25, 0.3) is 0 Å². The molecular weight excluding hydrogens is 324 g/mol. The van der Waals surface area contributed by atoms with E-state index < -0.39 is 5.60 Å². The minimum absolute atomic E-state index is 0.0549. The number of benzene rings is 1. The van der Waals surface area contributed by atoms with E-state index in [1.807, 2.05) is 47.2 Å². The van der Waals surface area contributed by atoms with Crippen molar-refractivity contribution in [2.45, 2.75) is 24.9 Å². The van der Waals surface area contributed by atoms with Gasteiger partial charge in [-0.3, -0.25) is 0 Å². The van der Waals surface area contributed by atoms with Gasteiger partial charge in [-0.1, -0.05) is 30.3 Å². The highest BCUT2D eigenvalue weighted by molar-refractivity contribution is 7.08. The third-order valence-electron chi connectivity index (χ3n) is 3.99. The zero-order valence-electron chi connectivity index (χ0n) is 13.7. The second-order valence-electron chi connectivity index (χ2n) is 5.97. The fourth-order valence-electron chi connectivity index (χ4n) is 2.47. The number of urea groups is 1. The fourth-order valence-corrected chi connectivity index (χ4v) is 3.25. The summed E-state index contributed by atoms with van der Waals surface area (Å²) in [5, 5.41) is 28.9. The fraction of sp³-hybridized carbons (Fsp3) is 0.389. The Labute approximate surface area is 146 Å².